The minimum Gasteiger partial charge on any atom is -0.490 e. The first kappa shape index (κ1) is 24.0. The molecule has 4 bridgehead atoms. The lowest BCUT2D eigenvalue weighted by Gasteiger charge is -2.48. The van der Waals surface area contributed by atoms with E-state index in [2.05, 4.69) is 45.7 Å². The molecular weight excluding hydrogens is 450 g/mol. The Hall–Kier alpha value is -2.40. The maximum Gasteiger partial charge on any atom is 0.232 e. The molecule has 6 aliphatic rings. The number of Topliss-reactive ketones (excluding diaryl/α,β-unsaturated/α-hetero) is 1. The monoisotopic (exact) mass is 489 g/mol. The van der Waals surface area contributed by atoms with E-state index in [9.17, 15) is 14.7 Å². The number of rotatable bonds is 1. The van der Waals surface area contributed by atoms with Gasteiger partial charge < -0.3 is 15.2 Å². The second-order valence-corrected chi connectivity index (χ2v) is 12.9. The van der Waals surface area contributed by atoms with Crippen molar-refractivity contribution in [3.8, 4) is 5.75 Å². The van der Waals surface area contributed by atoms with Crippen LogP contribution in [0.4, 0.5) is 0 Å². The van der Waals surface area contributed by atoms with Gasteiger partial charge in [-0.2, -0.15) is 0 Å². The van der Waals surface area contributed by atoms with Crippen LogP contribution in [0.2, 0.25) is 0 Å². The Kier molecular flexibility index (Phi) is 5.36. The maximum absolute atomic E-state index is 14.4. The van der Waals surface area contributed by atoms with Crippen LogP contribution < -0.4 is 10.1 Å². The third kappa shape index (κ3) is 3.38. The summed E-state index contributed by atoms with van der Waals surface area (Å²) in [5.74, 6) is 0.520. The highest BCUT2D eigenvalue weighted by molar-refractivity contribution is 6.04. The van der Waals surface area contributed by atoms with Crippen molar-refractivity contribution in [3.63, 3.8) is 0 Å². The van der Waals surface area contributed by atoms with Gasteiger partial charge in [-0.25, -0.2) is 0 Å². The number of benzene rings is 1. The number of aliphatic hydroxyl groups is 1. The molecule has 1 amide bonds. The maximum atomic E-state index is 14.4. The fourth-order valence-corrected chi connectivity index (χ4v) is 9.61. The summed E-state index contributed by atoms with van der Waals surface area (Å²) in [6, 6.07) is 7.92. The van der Waals surface area contributed by atoms with Gasteiger partial charge in [-0.1, -0.05) is 50.6 Å². The standard InChI is InChI=1S/C31H39NO4/c1-6-20-12-18(4)25-24-23(20)27(33)22-15-31(35,32-29(22)34)14-19-7-9-21(10-8-19)36-28(24)26-17(3)11-16(2)13-30(25,26)5/h6-10,12,16-17,20,22-26,28,35H,1,11,13-15H2,2-5H3,(H,32,34)/t16-,17+,20+,22-,23+,24-,25+,26+,28-,30+,31-/m1/s1. The molecule has 7 rings (SSSR count). The van der Waals surface area contributed by atoms with Gasteiger partial charge in [0.15, 0.2) is 0 Å². The van der Waals surface area contributed by atoms with E-state index in [1.54, 1.807) is 0 Å². The summed E-state index contributed by atoms with van der Waals surface area (Å²) in [6.07, 6.45) is 6.62. The van der Waals surface area contributed by atoms with Crippen LogP contribution in [-0.4, -0.2) is 28.6 Å². The van der Waals surface area contributed by atoms with Crippen LogP contribution in [0.3, 0.4) is 0 Å². The molecule has 2 N–H and O–H groups in total. The van der Waals surface area contributed by atoms with Gasteiger partial charge in [0.2, 0.25) is 5.91 Å². The minimum atomic E-state index is -1.42. The normalized spacial score (nSPS) is 47.4. The zero-order valence-corrected chi connectivity index (χ0v) is 21.9. The van der Waals surface area contributed by atoms with Crippen LogP contribution in [0.25, 0.3) is 0 Å². The number of hydrogen-bond acceptors (Lipinski definition) is 4. The number of allylic oxidation sites excluding steroid dienone is 3. The highest BCUT2D eigenvalue weighted by Crippen LogP contribution is 2.67. The van der Waals surface area contributed by atoms with Crippen LogP contribution in [0.1, 0.15) is 52.5 Å². The minimum absolute atomic E-state index is 0.00729. The van der Waals surface area contributed by atoms with Crippen molar-refractivity contribution in [1.29, 1.82) is 0 Å². The molecule has 3 fully saturated rings. The van der Waals surface area contributed by atoms with Gasteiger partial charge in [-0.3, -0.25) is 9.59 Å². The first-order valence-corrected chi connectivity index (χ1v) is 13.7. The average molecular weight is 490 g/mol. The number of ketones is 1. The molecule has 5 heteroatoms. The van der Waals surface area contributed by atoms with Gasteiger partial charge in [0.25, 0.3) is 0 Å². The molecule has 0 radical (unpaired) electrons. The summed E-state index contributed by atoms with van der Waals surface area (Å²) >= 11 is 0. The molecule has 1 aromatic carbocycles. The van der Waals surface area contributed by atoms with Crippen LogP contribution in [0.5, 0.6) is 5.75 Å². The predicted octanol–water partition coefficient (Wildman–Crippen LogP) is 4.70. The Balaban J connectivity index is 1.56. The molecule has 3 heterocycles. The molecule has 0 unspecified atom stereocenters. The number of hydrogen-bond donors (Lipinski definition) is 2. The second kappa shape index (κ2) is 8.05. The smallest absolute Gasteiger partial charge is 0.232 e. The summed E-state index contributed by atoms with van der Waals surface area (Å²) in [5.41, 5.74) is 0.815. The van der Waals surface area contributed by atoms with E-state index >= 15 is 0 Å². The molecule has 2 saturated carbocycles. The molecule has 3 aliphatic heterocycles. The number of nitrogens with one attached hydrogen (secondary N) is 1. The van der Waals surface area contributed by atoms with Crippen LogP contribution in [0, 0.1) is 52.8 Å². The summed E-state index contributed by atoms with van der Waals surface area (Å²) in [4.78, 5) is 27.5. The molecule has 1 aromatic rings. The number of ether oxygens (including phenoxy) is 1. The number of fused-ring (bicyclic) bond motifs is 4. The Morgan fingerprint density at radius 3 is 2.58 bits per heavy atom. The van der Waals surface area contributed by atoms with E-state index < -0.39 is 17.6 Å². The third-order valence-corrected chi connectivity index (χ3v) is 10.4. The van der Waals surface area contributed by atoms with E-state index in [0.717, 1.165) is 24.2 Å². The van der Waals surface area contributed by atoms with Crippen LogP contribution in [-0.2, 0) is 16.0 Å². The summed E-state index contributed by atoms with van der Waals surface area (Å²) in [7, 11) is 0. The second-order valence-electron chi connectivity index (χ2n) is 12.9. The molecule has 36 heavy (non-hydrogen) atoms. The summed E-state index contributed by atoms with van der Waals surface area (Å²) in [5, 5.41) is 14.1. The molecular formula is C31H39NO4. The van der Waals surface area contributed by atoms with Crippen molar-refractivity contribution >= 4 is 11.7 Å². The highest BCUT2D eigenvalue weighted by atomic mass is 16.5. The molecule has 5 nitrogen and oxygen atoms in total. The van der Waals surface area contributed by atoms with Crippen molar-refractivity contribution in [2.75, 3.05) is 0 Å². The van der Waals surface area contributed by atoms with Crippen molar-refractivity contribution in [3.05, 3.63) is 54.1 Å². The van der Waals surface area contributed by atoms with Crippen LogP contribution in [0.15, 0.2) is 48.6 Å². The SMILES string of the molecule is C=C[C@H]1C=C(C)[C@H]2[C@@H]3[C@@H](Oc4ccc(cc4)C[C@@]4(O)C[C@@H](C(=O)N4)C(=O)[C@@H]13)[C@@H]1[C@@H](C)C[C@@H](C)C[C@]12C. The number of carbonyl (C=O) groups is 2. The first-order valence-electron chi connectivity index (χ1n) is 13.7. The Morgan fingerprint density at radius 2 is 1.89 bits per heavy atom. The molecule has 0 aromatic heterocycles. The molecule has 3 aliphatic carbocycles. The Morgan fingerprint density at radius 1 is 1.17 bits per heavy atom. The topological polar surface area (TPSA) is 75.6 Å². The fourth-order valence-electron chi connectivity index (χ4n) is 9.61. The molecule has 1 saturated heterocycles. The van der Waals surface area contributed by atoms with Crippen molar-refractivity contribution in [1.82, 2.24) is 5.32 Å². The van der Waals surface area contributed by atoms with E-state index in [1.165, 1.54) is 5.57 Å². The zero-order valence-electron chi connectivity index (χ0n) is 21.9. The quantitative estimate of drug-likeness (QED) is 0.443. The highest BCUT2D eigenvalue weighted by Gasteiger charge is 2.67. The van der Waals surface area contributed by atoms with Crippen molar-refractivity contribution in [2.45, 2.75) is 65.2 Å². The largest absolute Gasteiger partial charge is 0.490 e. The first-order chi connectivity index (χ1) is 17.0. The van der Waals surface area contributed by atoms with Crippen molar-refractivity contribution in [2.24, 2.45) is 52.8 Å². The molecule has 11 atom stereocenters. The lowest BCUT2D eigenvalue weighted by Crippen LogP contribution is -2.46. The van der Waals surface area contributed by atoms with E-state index in [1.807, 2.05) is 30.3 Å². The Bertz CT molecular complexity index is 1140. The average Bonchev–Trinajstić information content (AvgIpc) is 3.24. The van der Waals surface area contributed by atoms with E-state index in [4.69, 9.17) is 4.74 Å². The zero-order chi connectivity index (χ0) is 25.6. The van der Waals surface area contributed by atoms with Gasteiger partial charge in [-0.05, 0) is 60.6 Å². The third-order valence-electron chi connectivity index (χ3n) is 10.4. The summed E-state index contributed by atoms with van der Waals surface area (Å²) < 4.78 is 6.93. The fraction of sp³-hybridized carbons (Fsp3) is 0.613. The van der Waals surface area contributed by atoms with Crippen molar-refractivity contribution < 1.29 is 19.4 Å². The van der Waals surface area contributed by atoms with Gasteiger partial charge in [0.1, 0.15) is 29.3 Å². The van der Waals surface area contributed by atoms with Gasteiger partial charge in [0, 0.05) is 36.5 Å². The number of amides is 1. The summed E-state index contributed by atoms with van der Waals surface area (Å²) in [6.45, 7) is 13.5. The molecule has 192 valence electrons. The van der Waals surface area contributed by atoms with E-state index in [-0.39, 0.29) is 53.8 Å². The van der Waals surface area contributed by atoms with Crippen LogP contribution >= 0.6 is 0 Å². The van der Waals surface area contributed by atoms with E-state index in [0.29, 0.717) is 17.8 Å². The van der Waals surface area contributed by atoms with Gasteiger partial charge in [0.05, 0.1) is 0 Å². The van der Waals surface area contributed by atoms with Gasteiger partial charge in [-0.15, -0.1) is 6.58 Å². The predicted molar refractivity (Wildman–Crippen MR) is 138 cm³/mol. The lowest BCUT2D eigenvalue weighted by atomic mass is 9.55. The number of carbonyl (C=O) groups excluding carboxylic acids is 2. The molecule has 0 spiro atoms. The Labute approximate surface area is 214 Å². The van der Waals surface area contributed by atoms with Gasteiger partial charge >= 0.3 is 0 Å². The lowest BCUT2D eigenvalue weighted by molar-refractivity contribution is -0.137.